The summed E-state index contributed by atoms with van der Waals surface area (Å²) < 4.78 is 61.4. The Morgan fingerprint density at radius 2 is 1.77 bits per heavy atom. The van der Waals surface area contributed by atoms with Gasteiger partial charge in [0.15, 0.2) is 0 Å². The van der Waals surface area contributed by atoms with Crippen molar-refractivity contribution in [2.45, 2.75) is 72.2 Å². The van der Waals surface area contributed by atoms with Crippen LogP contribution in [0.2, 0.25) is 0 Å². The van der Waals surface area contributed by atoms with Crippen LogP contribution < -0.4 is 0 Å². The zero-order valence-electron chi connectivity index (χ0n) is 25.3. The highest BCUT2D eigenvalue weighted by molar-refractivity contribution is 5.89. The molecular formula is C35H35F4NO4. The second-order valence-electron chi connectivity index (χ2n) is 12.8. The van der Waals surface area contributed by atoms with Gasteiger partial charge in [-0.05, 0) is 109 Å². The lowest BCUT2D eigenvalue weighted by atomic mass is 9.72. The number of carbonyl (C=O) groups is 2. The Bertz CT molecular complexity index is 1670. The van der Waals surface area contributed by atoms with E-state index in [0.29, 0.717) is 28.7 Å². The maximum atomic E-state index is 15.1. The molecule has 5 rings (SSSR count). The Kier molecular flexibility index (Phi) is 8.12. The van der Waals surface area contributed by atoms with Crippen molar-refractivity contribution in [3.63, 3.8) is 0 Å². The largest absolute Gasteiger partial charge is 0.478 e. The summed E-state index contributed by atoms with van der Waals surface area (Å²) in [6.45, 7) is 9.79. The van der Waals surface area contributed by atoms with Gasteiger partial charge in [-0.3, -0.25) is 4.90 Å². The first-order valence-electron chi connectivity index (χ1n) is 14.6. The van der Waals surface area contributed by atoms with Crippen LogP contribution in [0.25, 0.3) is 16.7 Å². The first kappa shape index (κ1) is 31.3. The normalized spacial score (nSPS) is 20.2. The molecule has 3 aromatic rings. The predicted molar refractivity (Wildman–Crippen MR) is 160 cm³/mol. The lowest BCUT2D eigenvalue weighted by Gasteiger charge is -2.35. The number of nitrogens with zero attached hydrogens (tertiary/aromatic N) is 1. The van der Waals surface area contributed by atoms with Gasteiger partial charge in [-0.2, -0.15) is 13.2 Å². The number of carboxylic acids is 1. The molecule has 0 saturated carbocycles. The van der Waals surface area contributed by atoms with Gasteiger partial charge in [0.25, 0.3) is 0 Å². The minimum absolute atomic E-state index is 0.0461. The van der Waals surface area contributed by atoms with Gasteiger partial charge in [-0.25, -0.2) is 14.0 Å². The van der Waals surface area contributed by atoms with Gasteiger partial charge >= 0.3 is 18.2 Å². The highest BCUT2D eigenvalue weighted by atomic mass is 19.4. The molecule has 2 aliphatic rings. The topological polar surface area (TPSA) is 66.8 Å². The zero-order chi connectivity index (χ0) is 32.1. The minimum Gasteiger partial charge on any atom is -0.478 e. The molecular weight excluding hydrogens is 574 g/mol. The Morgan fingerprint density at radius 3 is 2.43 bits per heavy atom. The number of hydrogen-bond donors (Lipinski definition) is 1. The number of carboxylic acid groups (broad SMARTS) is 1. The van der Waals surface area contributed by atoms with E-state index in [1.807, 2.05) is 25.1 Å². The molecule has 1 saturated heterocycles. The number of hydrogen-bond acceptors (Lipinski definition) is 3. The lowest BCUT2D eigenvalue weighted by molar-refractivity contribution is -0.137. The standard InChI is InChI=1S/C35H35F4NO4/c1-19-12-24(14-26(13-19)35(37,38)39)31-21(3)40(33(43)44-31)18-25-17-34(4,5)11-10-27(25)22-7-6-20(2)29(15-22)28-9-8-23(32(41)42)16-30(28)36/h6-9,12-16,21,31H,10-11,17-18H2,1-5H3,(H,41,42)/t21-,31-/m0/s1. The summed E-state index contributed by atoms with van der Waals surface area (Å²) in [5.41, 5.74) is 4.46. The van der Waals surface area contributed by atoms with Gasteiger partial charge in [0.2, 0.25) is 0 Å². The fraction of sp³-hybridized carbons (Fsp3) is 0.371. The molecule has 0 aromatic heterocycles. The Morgan fingerprint density at radius 1 is 1.05 bits per heavy atom. The second-order valence-corrected chi connectivity index (χ2v) is 12.8. The molecule has 0 unspecified atom stereocenters. The van der Waals surface area contributed by atoms with E-state index in [2.05, 4.69) is 13.8 Å². The molecule has 1 amide bonds. The summed E-state index contributed by atoms with van der Waals surface area (Å²) in [6.07, 6.45) is -3.66. The maximum absolute atomic E-state index is 15.1. The average Bonchev–Trinajstić information content (AvgIpc) is 3.21. The molecule has 1 aliphatic heterocycles. The van der Waals surface area contributed by atoms with Gasteiger partial charge in [0.05, 0.1) is 17.2 Å². The number of amides is 1. The number of aryl methyl sites for hydroxylation is 2. The Hall–Kier alpha value is -4.14. The molecule has 0 bridgehead atoms. The quantitative estimate of drug-likeness (QED) is 0.283. The molecule has 0 radical (unpaired) electrons. The van der Waals surface area contributed by atoms with Crippen molar-refractivity contribution in [2.75, 3.05) is 6.54 Å². The smallest absolute Gasteiger partial charge is 0.416 e. The number of aromatic carboxylic acids is 1. The molecule has 1 heterocycles. The molecule has 232 valence electrons. The summed E-state index contributed by atoms with van der Waals surface area (Å²) in [7, 11) is 0. The van der Waals surface area contributed by atoms with E-state index >= 15 is 4.39 Å². The van der Waals surface area contributed by atoms with E-state index in [4.69, 9.17) is 4.74 Å². The monoisotopic (exact) mass is 609 g/mol. The molecule has 1 aliphatic carbocycles. The SMILES string of the molecule is Cc1cc([C@H]2OC(=O)N(CC3=C(c4ccc(C)c(-c5ccc(C(=O)O)cc5F)c4)CCC(C)(C)C3)[C@H]2C)cc(C(F)(F)F)c1. The summed E-state index contributed by atoms with van der Waals surface area (Å²) in [5, 5.41) is 9.25. The maximum Gasteiger partial charge on any atom is 0.416 e. The third-order valence-corrected chi connectivity index (χ3v) is 8.77. The highest BCUT2D eigenvalue weighted by Crippen LogP contribution is 2.45. The molecule has 5 nitrogen and oxygen atoms in total. The molecule has 44 heavy (non-hydrogen) atoms. The third kappa shape index (κ3) is 6.23. The predicted octanol–water partition coefficient (Wildman–Crippen LogP) is 9.37. The van der Waals surface area contributed by atoms with Crippen LogP contribution in [0, 0.1) is 25.1 Å². The van der Waals surface area contributed by atoms with Crippen LogP contribution in [0.15, 0.2) is 60.2 Å². The number of cyclic esters (lactones) is 1. The molecule has 0 spiro atoms. The molecule has 1 N–H and O–H groups in total. The summed E-state index contributed by atoms with van der Waals surface area (Å²) in [5.74, 6) is -1.84. The minimum atomic E-state index is -4.52. The molecule has 2 atom stereocenters. The first-order valence-corrected chi connectivity index (χ1v) is 14.6. The fourth-order valence-electron chi connectivity index (χ4n) is 6.39. The number of halogens is 4. The lowest BCUT2D eigenvalue weighted by Crippen LogP contribution is -2.35. The summed E-state index contributed by atoms with van der Waals surface area (Å²) in [6, 6.07) is 12.9. The van der Waals surface area contributed by atoms with E-state index in [1.54, 1.807) is 24.8 Å². The van der Waals surface area contributed by atoms with Crippen molar-refractivity contribution >= 4 is 17.6 Å². The number of alkyl halides is 3. The van der Waals surface area contributed by atoms with Gasteiger partial charge in [-0.1, -0.05) is 43.7 Å². The van der Waals surface area contributed by atoms with E-state index in [-0.39, 0.29) is 17.5 Å². The average molecular weight is 610 g/mol. The number of rotatable bonds is 6. The van der Waals surface area contributed by atoms with Crippen LogP contribution in [0.1, 0.15) is 84.3 Å². The van der Waals surface area contributed by atoms with Gasteiger partial charge in [0, 0.05) is 12.1 Å². The third-order valence-electron chi connectivity index (χ3n) is 8.77. The number of benzene rings is 3. The molecule has 1 fully saturated rings. The molecule has 9 heteroatoms. The highest BCUT2D eigenvalue weighted by Gasteiger charge is 2.42. The van der Waals surface area contributed by atoms with Crippen LogP contribution in [0.4, 0.5) is 22.4 Å². The van der Waals surface area contributed by atoms with Crippen molar-refractivity contribution in [1.29, 1.82) is 0 Å². The van der Waals surface area contributed by atoms with Crippen LogP contribution in [-0.4, -0.2) is 34.7 Å². The Balaban J connectivity index is 1.51. The van der Waals surface area contributed by atoms with E-state index in [9.17, 15) is 27.9 Å². The van der Waals surface area contributed by atoms with Crippen molar-refractivity contribution in [1.82, 2.24) is 4.90 Å². The van der Waals surface area contributed by atoms with Gasteiger partial charge in [-0.15, -0.1) is 0 Å². The van der Waals surface area contributed by atoms with Crippen LogP contribution in [0.3, 0.4) is 0 Å². The van der Waals surface area contributed by atoms with Crippen molar-refractivity contribution in [2.24, 2.45) is 5.41 Å². The van der Waals surface area contributed by atoms with Crippen LogP contribution in [0.5, 0.6) is 0 Å². The van der Waals surface area contributed by atoms with Gasteiger partial charge in [0.1, 0.15) is 11.9 Å². The van der Waals surface area contributed by atoms with E-state index in [0.717, 1.165) is 53.3 Å². The zero-order valence-corrected chi connectivity index (χ0v) is 25.3. The van der Waals surface area contributed by atoms with Crippen molar-refractivity contribution < 1.29 is 37.0 Å². The number of ether oxygens (including phenoxy) is 1. The second kappa shape index (κ2) is 11.4. The van der Waals surface area contributed by atoms with Crippen LogP contribution >= 0.6 is 0 Å². The summed E-state index contributed by atoms with van der Waals surface area (Å²) in [4.78, 5) is 26.1. The Labute approximate surface area is 254 Å². The number of carbonyl (C=O) groups excluding carboxylic acids is 1. The van der Waals surface area contributed by atoms with E-state index in [1.165, 1.54) is 12.1 Å². The first-order chi connectivity index (χ1) is 20.5. The summed E-state index contributed by atoms with van der Waals surface area (Å²) >= 11 is 0. The fourth-order valence-corrected chi connectivity index (χ4v) is 6.39. The van der Waals surface area contributed by atoms with E-state index < -0.39 is 41.8 Å². The molecule has 3 aromatic carbocycles. The van der Waals surface area contributed by atoms with Gasteiger partial charge < -0.3 is 9.84 Å². The number of allylic oxidation sites excluding steroid dienone is 1. The van der Waals surface area contributed by atoms with Crippen molar-refractivity contribution in [3.8, 4) is 11.1 Å². The van der Waals surface area contributed by atoms with Crippen molar-refractivity contribution in [3.05, 3.63) is 99.4 Å². The van der Waals surface area contributed by atoms with Crippen LogP contribution in [-0.2, 0) is 10.9 Å².